The Kier molecular flexibility index (Phi) is 6.82. The van der Waals surface area contributed by atoms with Gasteiger partial charge in [-0.1, -0.05) is 25.4 Å². The van der Waals surface area contributed by atoms with Crippen molar-refractivity contribution in [2.45, 2.75) is 31.6 Å². The molecule has 0 unspecified atom stereocenters. The van der Waals surface area contributed by atoms with Crippen molar-refractivity contribution in [3.8, 4) is 0 Å². The first kappa shape index (κ1) is 21.6. The molecule has 2 aromatic rings. The van der Waals surface area contributed by atoms with Crippen molar-refractivity contribution in [3.05, 3.63) is 53.1 Å². The highest BCUT2D eigenvalue weighted by Gasteiger charge is 2.24. The number of rotatable bonds is 7. The molecule has 0 radical (unpaired) electrons. The number of amides is 1. The van der Waals surface area contributed by atoms with E-state index in [0.717, 1.165) is 18.8 Å². The van der Waals surface area contributed by atoms with Crippen LogP contribution in [-0.4, -0.2) is 44.8 Å². The predicted molar refractivity (Wildman–Crippen MR) is 117 cm³/mol. The van der Waals surface area contributed by atoms with Crippen molar-refractivity contribution in [2.75, 3.05) is 36.4 Å². The number of carbonyl (C=O) groups is 1. The Labute approximate surface area is 177 Å². The average molecular weight is 436 g/mol. The molecule has 0 saturated carbocycles. The third-order valence-corrected chi connectivity index (χ3v) is 7.50. The van der Waals surface area contributed by atoms with Gasteiger partial charge >= 0.3 is 0 Å². The zero-order valence-corrected chi connectivity index (χ0v) is 18.3. The van der Waals surface area contributed by atoms with Crippen LogP contribution in [0.4, 0.5) is 11.4 Å². The van der Waals surface area contributed by atoms with Crippen LogP contribution in [0.15, 0.2) is 47.4 Å². The largest absolute Gasteiger partial charge is 0.372 e. The van der Waals surface area contributed by atoms with Crippen LogP contribution in [0.1, 0.15) is 37.0 Å². The van der Waals surface area contributed by atoms with Gasteiger partial charge in [-0.05, 0) is 55.3 Å². The van der Waals surface area contributed by atoms with Crippen LogP contribution in [0.25, 0.3) is 0 Å². The normalized spacial score (nSPS) is 14.4. The lowest BCUT2D eigenvalue weighted by atomic mass is 10.2. The predicted octanol–water partition coefficient (Wildman–Crippen LogP) is 4.22. The molecule has 156 valence electrons. The van der Waals surface area contributed by atoms with Crippen molar-refractivity contribution >= 4 is 38.9 Å². The molecule has 1 amide bonds. The molecule has 8 heteroatoms. The highest BCUT2D eigenvalue weighted by Crippen LogP contribution is 2.25. The summed E-state index contributed by atoms with van der Waals surface area (Å²) < 4.78 is 26.8. The molecule has 0 atom stereocenters. The molecule has 1 saturated heterocycles. The van der Waals surface area contributed by atoms with Gasteiger partial charge in [-0.2, -0.15) is 4.31 Å². The summed E-state index contributed by atoms with van der Waals surface area (Å²) >= 11 is 6.19. The van der Waals surface area contributed by atoms with Gasteiger partial charge in [0.05, 0.1) is 15.5 Å². The van der Waals surface area contributed by atoms with Crippen LogP contribution in [0.3, 0.4) is 0 Å². The van der Waals surface area contributed by atoms with Gasteiger partial charge in [-0.15, -0.1) is 0 Å². The Morgan fingerprint density at radius 1 is 1.07 bits per heavy atom. The number of nitrogens with one attached hydrogen (secondary N) is 1. The Hall–Kier alpha value is -2.09. The lowest BCUT2D eigenvalue weighted by Crippen LogP contribution is -2.30. The lowest BCUT2D eigenvalue weighted by Gasteiger charge is -2.19. The zero-order chi connectivity index (χ0) is 21.0. The Bertz CT molecular complexity index is 967. The summed E-state index contributed by atoms with van der Waals surface area (Å²) in [5.41, 5.74) is 1.89. The van der Waals surface area contributed by atoms with Crippen molar-refractivity contribution in [1.82, 2.24) is 4.31 Å². The summed E-state index contributed by atoms with van der Waals surface area (Å²) in [5, 5.41) is 3.01. The van der Waals surface area contributed by atoms with Gasteiger partial charge in [-0.3, -0.25) is 4.79 Å². The van der Waals surface area contributed by atoms with Gasteiger partial charge in [0.1, 0.15) is 0 Å². The quantitative estimate of drug-likeness (QED) is 0.706. The number of carbonyl (C=O) groups excluding carboxylic acids is 1. The molecule has 6 nitrogen and oxygen atoms in total. The second kappa shape index (κ2) is 9.15. The Balaban J connectivity index is 1.80. The first-order valence-electron chi connectivity index (χ1n) is 9.83. The SMILES string of the molecule is CCN(CC)S(=O)(=O)c1ccc(Cl)c(C(=O)Nc2ccc(N3CCCC3)cc2)c1. The van der Waals surface area contributed by atoms with E-state index in [-0.39, 0.29) is 15.5 Å². The minimum Gasteiger partial charge on any atom is -0.372 e. The molecule has 29 heavy (non-hydrogen) atoms. The molecule has 0 spiro atoms. The summed E-state index contributed by atoms with van der Waals surface area (Å²) in [6, 6.07) is 11.9. The second-order valence-corrected chi connectivity index (χ2v) is 9.27. The van der Waals surface area contributed by atoms with Gasteiger partial charge in [0.2, 0.25) is 10.0 Å². The first-order valence-corrected chi connectivity index (χ1v) is 11.6. The number of nitrogens with zero attached hydrogens (tertiary/aromatic N) is 2. The van der Waals surface area contributed by atoms with E-state index in [1.807, 2.05) is 24.3 Å². The van der Waals surface area contributed by atoms with Gasteiger partial charge in [0.25, 0.3) is 5.91 Å². The number of halogens is 1. The minimum atomic E-state index is -3.67. The van der Waals surface area contributed by atoms with E-state index < -0.39 is 15.9 Å². The van der Waals surface area contributed by atoms with Gasteiger partial charge < -0.3 is 10.2 Å². The third kappa shape index (κ3) is 4.74. The molecule has 1 heterocycles. The Morgan fingerprint density at radius 2 is 1.69 bits per heavy atom. The summed E-state index contributed by atoms with van der Waals surface area (Å²) in [6.45, 7) is 6.36. The highest BCUT2D eigenvalue weighted by molar-refractivity contribution is 7.89. The van der Waals surface area contributed by atoms with Crippen molar-refractivity contribution in [1.29, 1.82) is 0 Å². The molecule has 1 aliphatic heterocycles. The van der Waals surface area contributed by atoms with E-state index in [2.05, 4.69) is 10.2 Å². The molecule has 1 aliphatic rings. The van der Waals surface area contributed by atoms with Crippen LogP contribution in [0.5, 0.6) is 0 Å². The molecule has 2 aromatic carbocycles. The second-order valence-electron chi connectivity index (χ2n) is 6.93. The average Bonchev–Trinajstić information content (AvgIpc) is 3.24. The minimum absolute atomic E-state index is 0.0557. The van der Waals surface area contributed by atoms with E-state index in [1.54, 1.807) is 13.8 Å². The topological polar surface area (TPSA) is 69.7 Å². The number of anilines is 2. The maximum absolute atomic E-state index is 12.7. The summed E-state index contributed by atoms with van der Waals surface area (Å²) in [4.78, 5) is 15.1. The van der Waals surface area contributed by atoms with E-state index in [9.17, 15) is 13.2 Å². The van der Waals surface area contributed by atoms with Crippen molar-refractivity contribution < 1.29 is 13.2 Å². The van der Waals surface area contributed by atoms with E-state index >= 15 is 0 Å². The van der Waals surface area contributed by atoms with E-state index in [4.69, 9.17) is 11.6 Å². The highest BCUT2D eigenvalue weighted by atomic mass is 35.5. The molecule has 0 aromatic heterocycles. The molecule has 0 bridgehead atoms. The van der Waals surface area contributed by atoms with E-state index in [0.29, 0.717) is 18.8 Å². The van der Waals surface area contributed by atoms with Crippen molar-refractivity contribution in [2.24, 2.45) is 0 Å². The summed E-state index contributed by atoms with van der Waals surface area (Å²) in [7, 11) is -3.67. The van der Waals surface area contributed by atoms with Crippen LogP contribution < -0.4 is 10.2 Å². The molecular formula is C21H26ClN3O3S. The van der Waals surface area contributed by atoms with Gasteiger partial charge in [-0.25, -0.2) is 8.42 Å². The lowest BCUT2D eigenvalue weighted by molar-refractivity contribution is 0.102. The number of hydrogen-bond acceptors (Lipinski definition) is 4. The monoisotopic (exact) mass is 435 g/mol. The number of benzene rings is 2. The maximum Gasteiger partial charge on any atom is 0.257 e. The smallest absolute Gasteiger partial charge is 0.257 e. The van der Waals surface area contributed by atoms with E-state index in [1.165, 1.54) is 35.3 Å². The Morgan fingerprint density at radius 3 is 2.28 bits per heavy atom. The number of hydrogen-bond donors (Lipinski definition) is 1. The van der Waals surface area contributed by atoms with Gasteiger partial charge in [0, 0.05) is 37.6 Å². The van der Waals surface area contributed by atoms with Crippen LogP contribution in [-0.2, 0) is 10.0 Å². The van der Waals surface area contributed by atoms with Crippen LogP contribution in [0, 0.1) is 0 Å². The fourth-order valence-electron chi connectivity index (χ4n) is 3.48. The fraction of sp³-hybridized carbons (Fsp3) is 0.381. The van der Waals surface area contributed by atoms with Crippen LogP contribution in [0.2, 0.25) is 5.02 Å². The third-order valence-electron chi connectivity index (χ3n) is 5.12. The van der Waals surface area contributed by atoms with Gasteiger partial charge in [0.15, 0.2) is 0 Å². The standard InChI is InChI=1S/C21H26ClN3O3S/c1-3-25(4-2)29(27,28)18-11-12-20(22)19(15-18)21(26)23-16-7-9-17(10-8-16)24-13-5-6-14-24/h7-12,15H,3-6,13-14H2,1-2H3,(H,23,26). The first-order chi connectivity index (χ1) is 13.9. The summed E-state index contributed by atoms with van der Waals surface area (Å²) in [5.74, 6) is -0.444. The molecule has 0 aliphatic carbocycles. The summed E-state index contributed by atoms with van der Waals surface area (Å²) in [6.07, 6.45) is 2.40. The maximum atomic E-state index is 12.7. The molecular weight excluding hydrogens is 410 g/mol. The zero-order valence-electron chi connectivity index (χ0n) is 16.7. The molecule has 1 N–H and O–H groups in total. The van der Waals surface area contributed by atoms with Crippen molar-refractivity contribution in [3.63, 3.8) is 0 Å². The fourth-order valence-corrected chi connectivity index (χ4v) is 5.17. The number of sulfonamides is 1. The molecule has 1 fully saturated rings. The van der Waals surface area contributed by atoms with Crippen LogP contribution >= 0.6 is 11.6 Å². The molecule has 3 rings (SSSR count).